The van der Waals surface area contributed by atoms with E-state index in [1.54, 1.807) is 0 Å². The van der Waals surface area contributed by atoms with Gasteiger partial charge in [0.05, 0.1) is 6.20 Å². The van der Waals surface area contributed by atoms with Crippen molar-refractivity contribution in [3.05, 3.63) is 42.0 Å². The van der Waals surface area contributed by atoms with Crippen molar-refractivity contribution in [2.75, 3.05) is 0 Å². The van der Waals surface area contributed by atoms with Gasteiger partial charge in [-0.3, -0.25) is 4.98 Å². The summed E-state index contributed by atoms with van der Waals surface area (Å²) in [4.78, 5) is 9.35. The molecule has 3 aromatic rings. The predicted octanol–water partition coefficient (Wildman–Crippen LogP) is 4.48. The van der Waals surface area contributed by atoms with Crippen molar-refractivity contribution in [2.24, 2.45) is 0 Å². The molecule has 118 valence electrons. The number of nitrogens with zero attached hydrogens (tertiary/aromatic N) is 4. The fourth-order valence-corrected chi connectivity index (χ4v) is 3.67. The summed E-state index contributed by atoms with van der Waals surface area (Å²) in [6.07, 6.45) is 10.9. The molecule has 23 heavy (non-hydrogen) atoms. The van der Waals surface area contributed by atoms with Crippen molar-refractivity contribution in [1.29, 1.82) is 0 Å². The Hall–Kier alpha value is -2.23. The van der Waals surface area contributed by atoms with Gasteiger partial charge in [0.15, 0.2) is 5.65 Å². The maximum Gasteiger partial charge on any atom is 0.158 e. The second-order valence-electron chi connectivity index (χ2n) is 6.52. The highest BCUT2D eigenvalue weighted by Crippen LogP contribution is 2.37. The standard InChI is InChI=1S/C19H22N4/c1-3-23-19-17(12-21-23)16(15-8-13(2)10-20-11-15)9-18(22-19)14-6-4-5-7-14/h8-12,14H,3-7H2,1-2H3. The van der Waals surface area contributed by atoms with Crippen LogP contribution in [0.1, 0.15) is 49.8 Å². The second kappa shape index (κ2) is 5.76. The van der Waals surface area contributed by atoms with Gasteiger partial charge in [0.2, 0.25) is 0 Å². The zero-order valence-corrected chi connectivity index (χ0v) is 13.8. The van der Waals surface area contributed by atoms with Crippen LogP contribution in [0.3, 0.4) is 0 Å². The van der Waals surface area contributed by atoms with Gasteiger partial charge in [0, 0.05) is 41.5 Å². The second-order valence-corrected chi connectivity index (χ2v) is 6.52. The summed E-state index contributed by atoms with van der Waals surface area (Å²) in [5.41, 5.74) is 5.79. The number of fused-ring (bicyclic) bond motifs is 1. The summed E-state index contributed by atoms with van der Waals surface area (Å²) >= 11 is 0. The van der Waals surface area contributed by atoms with Crippen LogP contribution in [0.4, 0.5) is 0 Å². The first-order chi connectivity index (χ1) is 11.3. The van der Waals surface area contributed by atoms with Gasteiger partial charge in [-0.2, -0.15) is 5.10 Å². The third-order valence-corrected chi connectivity index (χ3v) is 4.89. The minimum Gasteiger partial charge on any atom is -0.264 e. The minimum absolute atomic E-state index is 0.594. The molecule has 4 nitrogen and oxygen atoms in total. The molecule has 1 aliphatic carbocycles. The van der Waals surface area contributed by atoms with Crippen LogP contribution in [0.2, 0.25) is 0 Å². The smallest absolute Gasteiger partial charge is 0.158 e. The molecule has 0 unspecified atom stereocenters. The summed E-state index contributed by atoms with van der Waals surface area (Å²) in [5.74, 6) is 0.594. The van der Waals surface area contributed by atoms with Gasteiger partial charge in [-0.1, -0.05) is 12.8 Å². The first-order valence-corrected chi connectivity index (χ1v) is 8.54. The van der Waals surface area contributed by atoms with Gasteiger partial charge < -0.3 is 0 Å². The molecule has 0 bridgehead atoms. The molecule has 4 rings (SSSR count). The summed E-state index contributed by atoms with van der Waals surface area (Å²) in [5, 5.41) is 5.65. The summed E-state index contributed by atoms with van der Waals surface area (Å²) in [6.45, 7) is 5.04. The van der Waals surface area contributed by atoms with E-state index in [1.807, 2.05) is 23.3 Å². The van der Waals surface area contributed by atoms with E-state index in [-0.39, 0.29) is 0 Å². The zero-order valence-electron chi connectivity index (χ0n) is 13.8. The summed E-state index contributed by atoms with van der Waals surface area (Å²) in [7, 11) is 0. The van der Waals surface area contributed by atoms with Crippen molar-refractivity contribution in [2.45, 2.75) is 52.0 Å². The van der Waals surface area contributed by atoms with Crippen LogP contribution in [0.5, 0.6) is 0 Å². The number of rotatable bonds is 3. The average Bonchev–Trinajstić information content (AvgIpc) is 3.23. The van der Waals surface area contributed by atoms with E-state index in [0.717, 1.165) is 23.1 Å². The molecule has 0 saturated heterocycles. The molecular weight excluding hydrogens is 284 g/mol. The maximum absolute atomic E-state index is 4.98. The van der Waals surface area contributed by atoms with Crippen LogP contribution in [-0.4, -0.2) is 19.7 Å². The molecule has 1 aliphatic rings. The summed E-state index contributed by atoms with van der Waals surface area (Å²) in [6, 6.07) is 4.47. The number of hydrogen-bond acceptors (Lipinski definition) is 3. The number of aromatic nitrogens is 4. The highest BCUT2D eigenvalue weighted by Gasteiger charge is 2.21. The lowest BCUT2D eigenvalue weighted by atomic mass is 9.97. The molecule has 1 saturated carbocycles. The van der Waals surface area contributed by atoms with Crippen LogP contribution >= 0.6 is 0 Å². The molecule has 3 aromatic heterocycles. The largest absolute Gasteiger partial charge is 0.264 e. The molecule has 3 heterocycles. The normalized spacial score (nSPS) is 15.6. The van der Waals surface area contributed by atoms with E-state index in [0.29, 0.717) is 5.92 Å². The number of aryl methyl sites for hydroxylation is 2. The molecule has 0 spiro atoms. The Balaban J connectivity index is 1.95. The van der Waals surface area contributed by atoms with E-state index < -0.39 is 0 Å². The fourth-order valence-electron chi connectivity index (χ4n) is 3.67. The monoisotopic (exact) mass is 306 g/mol. The Morgan fingerprint density at radius 2 is 1.96 bits per heavy atom. The molecular formula is C19H22N4. The maximum atomic E-state index is 4.98. The van der Waals surface area contributed by atoms with Gasteiger partial charge in [-0.15, -0.1) is 0 Å². The molecule has 0 radical (unpaired) electrons. The quantitative estimate of drug-likeness (QED) is 0.716. The topological polar surface area (TPSA) is 43.6 Å². The SMILES string of the molecule is CCn1ncc2c(-c3cncc(C)c3)cc(C3CCCC3)nc21. The third kappa shape index (κ3) is 2.52. The van der Waals surface area contributed by atoms with Crippen molar-refractivity contribution in [1.82, 2.24) is 19.7 Å². The van der Waals surface area contributed by atoms with Gasteiger partial charge >= 0.3 is 0 Å². The fraction of sp³-hybridized carbons (Fsp3) is 0.421. The molecule has 0 N–H and O–H groups in total. The van der Waals surface area contributed by atoms with E-state index >= 15 is 0 Å². The van der Waals surface area contributed by atoms with E-state index in [2.05, 4.69) is 36.1 Å². The highest BCUT2D eigenvalue weighted by molar-refractivity contribution is 5.92. The first-order valence-electron chi connectivity index (χ1n) is 8.54. The lowest BCUT2D eigenvalue weighted by molar-refractivity contribution is 0.664. The van der Waals surface area contributed by atoms with Crippen LogP contribution in [0.15, 0.2) is 30.7 Å². The van der Waals surface area contributed by atoms with E-state index in [1.165, 1.54) is 42.5 Å². The predicted molar refractivity (Wildman–Crippen MR) is 92.4 cm³/mol. The molecule has 1 fully saturated rings. The Morgan fingerprint density at radius 1 is 1.13 bits per heavy atom. The lowest BCUT2D eigenvalue weighted by Gasteiger charge is -2.13. The van der Waals surface area contributed by atoms with Gasteiger partial charge in [-0.25, -0.2) is 9.67 Å². The van der Waals surface area contributed by atoms with Crippen molar-refractivity contribution in [3.8, 4) is 11.1 Å². The van der Waals surface area contributed by atoms with E-state index in [9.17, 15) is 0 Å². The summed E-state index contributed by atoms with van der Waals surface area (Å²) < 4.78 is 2.00. The Kier molecular flexibility index (Phi) is 3.60. The average molecular weight is 306 g/mol. The van der Waals surface area contributed by atoms with E-state index in [4.69, 9.17) is 4.98 Å². The van der Waals surface area contributed by atoms with Crippen LogP contribution in [-0.2, 0) is 6.54 Å². The number of pyridine rings is 2. The molecule has 4 heteroatoms. The Labute approximate surface area is 136 Å². The van der Waals surface area contributed by atoms with Crippen LogP contribution < -0.4 is 0 Å². The Morgan fingerprint density at radius 3 is 2.70 bits per heavy atom. The molecule has 0 atom stereocenters. The van der Waals surface area contributed by atoms with Crippen molar-refractivity contribution >= 4 is 11.0 Å². The van der Waals surface area contributed by atoms with Gasteiger partial charge in [0.25, 0.3) is 0 Å². The third-order valence-electron chi connectivity index (χ3n) is 4.89. The highest BCUT2D eigenvalue weighted by atomic mass is 15.3. The van der Waals surface area contributed by atoms with Gasteiger partial charge in [-0.05, 0) is 49.9 Å². The van der Waals surface area contributed by atoms with Crippen LogP contribution in [0.25, 0.3) is 22.2 Å². The van der Waals surface area contributed by atoms with Crippen LogP contribution in [0, 0.1) is 6.92 Å². The minimum atomic E-state index is 0.594. The Bertz CT molecular complexity index is 844. The molecule has 0 aliphatic heterocycles. The molecule has 0 amide bonds. The number of hydrogen-bond donors (Lipinski definition) is 0. The lowest BCUT2D eigenvalue weighted by Crippen LogP contribution is -2.02. The van der Waals surface area contributed by atoms with Crippen molar-refractivity contribution < 1.29 is 0 Å². The first kappa shape index (κ1) is 14.4. The molecule has 0 aromatic carbocycles. The van der Waals surface area contributed by atoms with Crippen molar-refractivity contribution in [3.63, 3.8) is 0 Å². The zero-order chi connectivity index (χ0) is 15.8. The van der Waals surface area contributed by atoms with Gasteiger partial charge in [0.1, 0.15) is 0 Å².